The van der Waals surface area contributed by atoms with E-state index < -0.39 is 5.41 Å². The number of hydrogen-bond acceptors (Lipinski definition) is 3. The minimum absolute atomic E-state index is 0.0204. The van der Waals surface area contributed by atoms with Gasteiger partial charge in [0.25, 0.3) is 0 Å². The third-order valence-corrected chi connectivity index (χ3v) is 5.33. The average Bonchev–Trinajstić information content (AvgIpc) is 3.15. The second-order valence-corrected chi connectivity index (χ2v) is 7.03. The van der Waals surface area contributed by atoms with Gasteiger partial charge < -0.3 is 5.32 Å². The van der Waals surface area contributed by atoms with Gasteiger partial charge in [0, 0.05) is 6.54 Å². The van der Waals surface area contributed by atoms with E-state index in [1.54, 1.807) is 23.1 Å². The van der Waals surface area contributed by atoms with Crippen molar-refractivity contribution in [1.82, 2.24) is 20.1 Å². The highest BCUT2D eigenvalue weighted by atomic mass is 19.1. The predicted molar refractivity (Wildman–Crippen MR) is 99.3 cm³/mol. The van der Waals surface area contributed by atoms with E-state index >= 15 is 0 Å². The molecule has 0 spiro atoms. The summed E-state index contributed by atoms with van der Waals surface area (Å²) in [6.45, 7) is 1.14. The first-order valence-electron chi connectivity index (χ1n) is 9.10. The van der Waals surface area contributed by atoms with E-state index in [2.05, 4.69) is 15.4 Å². The summed E-state index contributed by atoms with van der Waals surface area (Å²) in [4.78, 5) is 16.8. The molecule has 1 saturated carbocycles. The molecule has 1 N–H and O–H groups in total. The molecule has 0 radical (unpaired) electrons. The van der Waals surface area contributed by atoms with Crippen LogP contribution in [0.1, 0.15) is 36.0 Å². The summed E-state index contributed by atoms with van der Waals surface area (Å²) in [5.41, 5.74) is 2.55. The number of amides is 1. The number of rotatable bonds is 6. The molecule has 4 rings (SSSR count). The quantitative estimate of drug-likeness (QED) is 0.731. The van der Waals surface area contributed by atoms with Gasteiger partial charge in [-0.25, -0.2) is 14.1 Å². The first kappa shape index (κ1) is 17.4. The highest BCUT2D eigenvalue weighted by Gasteiger charge is 2.45. The van der Waals surface area contributed by atoms with Crippen LogP contribution in [0.4, 0.5) is 4.39 Å². The van der Waals surface area contributed by atoms with Crippen LogP contribution in [0.2, 0.25) is 0 Å². The first-order chi connectivity index (χ1) is 13.2. The molecule has 6 heteroatoms. The summed E-state index contributed by atoms with van der Waals surface area (Å²) in [5, 5.41) is 7.16. The number of carbonyl (C=O) groups excluding carboxylic acids is 1. The van der Waals surface area contributed by atoms with Crippen molar-refractivity contribution in [1.29, 1.82) is 0 Å². The number of benzene rings is 2. The minimum atomic E-state index is -0.513. The molecule has 3 aromatic rings. The molecule has 1 aliphatic rings. The summed E-state index contributed by atoms with van der Waals surface area (Å²) >= 11 is 0. The Hall–Kier alpha value is -3.02. The van der Waals surface area contributed by atoms with E-state index in [9.17, 15) is 9.18 Å². The standard InChI is InChI=1S/C21H21FN4O/c22-19-8-6-18(7-9-19)21(10-1-11-21)20(27)24-12-16-2-4-17(5-3-16)13-26-15-23-14-25-26/h2-9,14-15H,1,10-13H2,(H,24,27). The van der Waals surface area contributed by atoms with Crippen molar-refractivity contribution in [2.45, 2.75) is 37.8 Å². The molecule has 2 aromatic carbocycles. The summed E-state index contributed by atoms with van der Waals surface area (Å²) < 4.78 is 15.0. The molecule has 0 aliphatic heterocycles. The van der Waals surface area contributed by atoms with Crippen molar-refractivity contribution >= 4 is 5.91 Å². The fraction of sp³-hybridized carbons (Fsp3) is 0.286. The Morgan fingerprint density at radius 3 is 2.37 bits per heavy atom. The van der Waals surface area contributed by atoms with Crippen molar-refractivity contribution in [2.24, 2.45) is 0 Å². The van der Waals surface area contributed by atoms with Gasteiger partial charge in [-0.1, -0.05) is 42.8 Å². The largest absolute Gasteiger partial charge is 0.351 e. The Morgan fingerprint density at radius 2 is 1.78 bits per heavy atom. The topological polar surface area (TPSA) is 59.8 Å². The lowest BCUT2D eigenvalue weighted by atomic mass is 9.64. The summed E-state index contributed by atoms with van der Waals surface area (Å²) in [7, 11) is 0. The van der Waals surface area contributed by atoms with Crippen LogP contribution >= 0.6 is 0 Å². The summed E-state index contributed by atoms with van der Waals surface area (Å²) in [6, 6.07) is 14.4. The maximum absolute atomic E-state index is 13.2. The van der Waals surface area contributed by atoms with Crippen LogP contribution < -0.4 is 5.32 Å². The maximum atomic E-state index is 13.2. The zero-order valence-corrected chi connectivity index (χ0v) is 14.9. The molecule has 1 aromatic heterocycles. The Labute approximate surface area is 157 Å². The summed E-state index contributed by atoms with van der Waals surface area (Å²) in [5.74, 6) is -0.258. The Balaban J connectivity index is 1.39. The van der Waals surface area contributed by atoms with E-state index in [0.717, 1.165) is 36.0 Å². The van der Waals surface area contributed by atoms with Crippen LogP contribution in [0.3, 0.4) is 0 Å². The van der Waals surface area contributed by atoms with E-state index in [4.69, 9.17) is 0 Å². The lowest BCUT2D eigenvalue weighted by molar-refractivity contribution is -0.130. The van der Waals surface area contributed by atoms with Crippen molar-refractivity contribution in [3.8, 4) is 0 Å². The van der Waals surface area contributed by atoms with Crippen LogP contribution in [0.15, 0.2) is 61.2 Å². The lowest BCUT2D eigenvalue weighted by Crippen LogP contribution is -2.49. The lowest BCUT2D eigenvalue weighted by Gasteiger charge is -2.40. The first-order valence-corrected chi connectivity index (χ1v) is 9.10. The van der Waals surface area contributed by atoms with Crippen LogP contribution in [0.5, 0.6) is 0 Å². The van der Waals surface area contributed by atoms with Gasteiger partial charge in [0.2, 0.25) is 5.91 Å². The molecule has 0 unspecified atom stereocenters. The molecule has 1 fully saturated rings. The van der Waals surface area contributed by atoms with Gasteiger partial charge >= 0.3 is 0 Å². The third kappa shape index (κ3) is 3.60. The van der Waals surface area contributed by atoms with Crippen molar-refractivity contribution in [3.63, 3.8) is 0 Å². The zero-order valence-electron chi connectivity index (χ0n) is 14.9. The second-order valence-electron chi connectivity index (χ2n) is 7.03. The fourth-order valence-corrected chi connectivity index (χ4v) is 3.56. The number of aromatic nitrogens is 3. The molecule has 138 valence electrons. The number of halogens is 1. The SMILES string of the molecule is O=C(NCc1ccc(Cn2cncn2)cc1)C1(c2ccc(F)cc2)CCC1. The fourth-order valence-electron chi connectivity index (χ4n) is 3.56. The number of nitrogens with one attached hydrogen (secondary N) is 1. The van der Waals surface area contributed by atoms with Gasteiger partial charge in [0.1, 0.15) is 18.5 Å². The Kier molecular flexibility index (Phi) is 4.71. The van der Waals surface area contributed by atoms with Gasteiger partial charge in [-0.15, -0.1) is 0 Å². The molecule has 5 nitrogen and oxygen atoms in total. The predicted octanol–water partition coefficient (Wildman–Crippen LogP) is 3.20. The monoisotopic (exact) mass is 364 g/mol. The molecule has 0 bridgehead atoms. The number of nitrogens with zero attached hydrogens (tertiary/aromatic N) is 3. The smallest absolute Gasteiger partial charge is 0.230 e. The van der Waals surface area contributed by atoms with Gasteiger partial charge in [-0.05, 0) is 41.7 Å². The maximum Gasteiger partial charge on any atom is 0.230 e. The molecule has 1 aliphatic carbocycles. The molecular formula is C21H21FN4O. The van der Waals surface area contributed by atoms with Crippen LogP contribution in [0, 0.1) is 5.82 Å². The van der Waals surface area contributed by atoms with E-state index in [0.29, 0.717) is 13.1 Å². The van der Waals surface area contributed by atoms with Gasteiger partial charge in [0.15, 0.2) is 0 Å². The van der Waals surface area contributed by atoms with Gasteiger partial charge in [0.05, 0.1) is 12.0 Å². The van der Waals surface area contributed by atoms with E-state index in [1.165, 1.54) is 18.5 Å². The van der Waals surface area contributed by atoms with E-state index in [1.807, 2.05) is 24.3 Å². The van der Waals surface area contributed by atoms with Gasteiger partial charge in [-0.2, -0.15) is 5.10 Å². The van der Waals surface area contributed by atoms with Crippen molar-refractivity contribution in [3.05, 3.63) is 83.7 Å². The minimum Gasteiger partial charge on any atom is -0.351 e. The third-order valence-electron chi connectivity index (χ3n) is 5.33. The highest BCUT2D eigenvalue weighted by Crippen LogP contribution is 2.44. The Bertz CT molecular complexity index is 900. The van der Waals surface area contributed by atoms with Crippen LogP contribution in [-0.4, -0.2) is 20.7 Å². The van der Waals surface area contributed by atoms with Crippen LogP contribution in [0.25, 0.3) is 0 Å². The molecule has 1 heterocycles. The molecule has 27 heavy (non-hydrogen) atoms. The molecule has 0 atom stereocenters. The van der Waals surface area contributed by atoms with Crippen LogP contribution in [-0.2, 0) is 23.3 Å². The molecular weight excluding hydrogens is 343 g/mol. The zero-order chi connectivity index (χ0) is 18.7. The van der Waals surface area contributed by atoms with Gasteiger partial charge in [-0.3, -0.25) is 4.79 Å². The van der Waals surface area contributed by atoms with Crippen molar-refractivity contribution < 1.29 is 9.18 Å². The summed E-state index contributed by atoms with van der Waals surface area (Å²) in [6.07, 6.45) is 5.83. The normalized spacial score (nSPS) is 15.1. The molecule has 1 amide bonds. The Morgan fingerprint density at radius 1 is 1.07 bits per heavy atom. The number of hydrogen-bond donors (Lipinski definition) is 1. The van der Waals surface area contributed by atoms with E-state index in [-0.39, 0.29) is 11.7 Å². The molecule has 0 saturated heterocycles. The highest BCUT2D eigenvalue weighted by molar-refractivity contribution is 5.89. The second kappa shape index (κ2) is 7.31. The number of carbonyl (C=O) groups is 1. The average molecular weight is 364 g/mol. The van der Waals surface area contributed by atoms with Crippen molar-refractivity contribution in [2.75, 3.05) is 0 Å².